The second-order valence-electron chi connectivity index (χ2n) is 9.06. The van der Waals surface area contributed by atoms with Crippen molar-refractivity contribution >= 4 is 45.1 Å². The summed E-state index contributed by atoms with van der Waals surface area (Å²) in [6.07, 6.45) is 0. The Balaban J connectivity index is 1.95. The third-order valence-electron chi connectivity index (χ3n) is 6.89. The number of phenolic OH excluding ortho intramolecular Hbond substituents is 1. The number of nitrogens with zero attached hydrogens (tertiary/aromatic N) is 3. The van der Waals surface area contributed by atoms with Crippen molar-refractivity contribution in [1.82, 2.24) is 0 Å². The van der Waals surface area contributed by atoms with Gasteiger partial charge < -0.3 is 0 Å². The number of hydrogen-bond acceptors (Lipinski definition) is 7. The van der Waals surface area contributed by atoms with Gasteiger partial charge in [-0.15, -0.1) is 0 Å². The summed E-state index contributed by atoms with van der Waals surface area (Å²) in [5.74, 6) is -1.06. The molecule has 0 unspecified atom stereocenters. The summed E-state index contributed by atoms with van der Waals surface area (Å²) in [4.78, 5) is 35.7. The molecule has 0 fully saturated rings. The van der Waals surface area contributed by atoms with Crippen LogP contribution in [0.4, 0.5) is 17.1 Å². The molecular weight excluding hydrogens is 545 g/mol. The van der Waals surface area contributed by atoms with E-state index in [0.29, 0.717) is 27.3 Å². The summed E-state index contributed by atoms with van der Waals surface area (Å²) in [5, 5.41) is 36.6. The van der Waals surface area contributed by atoms with Crippen LogP contribution < -0.4 is 21.2 Å². The predicted octanol–water partition coefficient (Wildman–Crippen LogP) is 5.32. The summed E-state index contributed by atoms with van der Waals surface area (Å²) >= 11 is 0. The maximum atomic E-state index is 14.3. The minimum absolute atomic E-state index is 0.0346. The molecule has 0 amide bonds. The number of nitro groups is 2. The molecule has 0 saturated carbocycles. The first kappa shape index (κ1) is 27.1. The van der Waals surface area contributed by atoms with Crippen LogP contribution >= 0.6 is 6.83 Å². The molecular formula is C30H23N3O7P+. The fourth-order valence-corrected chi connectivity index (χ4v) is 10.6. The van der Waals surface area contributed by atoms with Crippen LogP contribution in [0.25, 0.3) is 0 Å². The number of rotatable bonds is 9. The van der Waals surface area contributed by atoms with E-state index in [1.807, 2.05) is 72.8 Å². The van der Waals surface area contributed by atoms with Gasteiger partial charge in [0, 0.05) is 0 Å². The number of aromatic hydroxyl groups is 1. The number of hydrogen-bond donors (Lipinski definition) is 1. The summed E-state index contributed by atoms with van der Waals surface area (Å²) < 4.78 is 6.71. The molecule has 0 aliphatic rings. The first-order chi connectivity index (χ1) is 19.8. The predicted molar refractivity (Wildman–Crippen MR) is 157 cm³/mol. The molecule has 0 aliphatic carbocycles. The molecule has 0 spiro atoms. The molecule has 0 aromatic heterocycles. The molecule has 0 aliphatic heterocycles. The Morgan fingerprint density at radius 2 is 0.878 bits per heavy atom. The van der Waals surface area contributed by atoms with Crippen molar-refractivity contribution in [3.8, 4) is 5.75 Å². The summed E-state index contributed by atoms with van der Waals surface area (Å²) in [5.41, 5.74) is -2.54. The van der Waals surface area contributed by atoms with E-state index in [1.54, 1.807) is 48.5 Å². The van der Waals surface area contributed by atoms with Crippen LogP contribution in [0.15, 0.2) is 133 Å². The minimum atomic E-state index is -4.58. The van der Waals surface area contributed by atoms with Crippen LogP contribution in [0.1, 0.15) is 0 Å². The molecule has 0 heterocycles. The Hall–Kier alpha value is -5.47. The van der Waals surface area contributed by atoms with E-state index in [9.17, 15) is 30.2 Å². The van der Waals surface area contributed by atoms with Gasteiger partial charge in [-0.25, -0.2) is 0 Å². The van der Waals surface area contributed by atoms with E-state index >= 15 is 0 Å². The van der Waals surface area contributed by atoms with E-state index in [4.69, 9.17) is 4.62 Å². The molecule has 1 N–H and O–H groups in total. The van der Waals surface area contributed by atoms with Gasteiger partial charge in [-0.05, 0) is 0 Å². The zero-order valence-electron chi connectivity index (χ0n) is 21.4. The Bertz CT molecular complexity index is 1580. The van der Waals surface area contributed by atoms with Gasteiger partial charge in [0.2, 0.25) is 0 Å². The molecule has 0 bridgehead atoms. The SMILES string of the molecule is O=[N+]([O-])c1cc([N+](=O)[O-])c(O)c([N+](=O)OP(c2ccccc2)(c2ccccc2)(c2ccccc2)c2ccccc2)c1. The molecule has 5 aromatic rings. The fourth-order valence-electron chi connectivity index (χ4n) is 5.10. The fraction of sp³-hybridized carbons (Fsp3) is 0. The molecule has 0 saturated heterocycles. The molecule has 41 heavy (non-hydrogen) atoms. The van der Waals surface area contributed by atoms with Crippen molar-refractivity contribution in [3.63, 3.8) is 0 Å². The Morgan fingerprint density at radius 1 is 0.537 bits per heavy atom. The quantitative estimate of drug-likeness (QED) is 0.144. The van der Waals surface area contributed by atoms with Gasteiger partial charge in [-0.3, -0.25) is 0 Å². The summed E-state index contributed by atoms with van der Waals surface area (Å²) in [6.45, 7) is -4.58. The third-order valence-corrected chi connectivity index (χ3v) is 12.5. The maximum absolute atomic E-state index is 14.3. The van der Waals surface area contributed by atoms with E-state index in [-0.39, 0.29) is 4.92 Å². The molecule has 10 nitrogen and oxygen atoms in total. The van der Waals surface area contributed by atoms with E-state index in [0.717, 1.165) is 6.07 Å². The zero-order chi connectivity index (χ0) is 29.1. The van der Waals surface area contributed by atoms with Crippen LogP contribution in [-0.2, 0) is 4.62 Å². The number of nitro benzene ring substituents is 2. The Morgan fingerprint density at radius 3 is 1.20 bits per heavy atom. The molecule has 11 heteroatoms. The van der Waals surface area contributed by atoms with Crippen molar-refractivity contribution in [3.05, 3.63) is 159 Å². The second-order valence-corrected chi connectivity index (χ2v) is 13.4. The van der Waals surface area contributed by atoms with Gasteiger partial charge in [-0.2, -0.15) is 0 Å². The number of benzene rings is 5. The first-order valence-corrected chi connectivity index (χ1v) is 14.5. The number of phenols is 1. The Labute approximate surface area is 233 Å². The van der Waals surface area contributed by atoms with E-state index < -0.39 is 39.5 Å². The van der Waals surface area contributed by atoms with E-state index in [1.165, 1.54) is 0 Å². The summed E-state index contributed by atoms with van der Waals surface area (Å²) in [6, 6.07) is 37.7. The van der Waals surface area contributed by atoms with Gasteiger partial charge >= 0.3 is 234 Å². The van der Waals surface area contributed by atoms with Gasteiger partial charge in [0.15, 0.2) is 0 Å². The molecule has 0 radical (unpaired) electrons. The molecule has 0 atom stereocenters. The molecule has 5 rings (SSSR count). The second kappa shape index (κ2) is 10.6. The van der Waals surface area contributed by atoms with Gasteiger partial charge in [0.25, 0.3) is 0 Å². The van der Waals surface area contributed by atoms with Crippen molar-refractivity contribution in [2.45, 2.75) is 0 Å². The number of non-ortho nitro benzene ring substituents is 1. The van der Waals surface area contributed by atoms with Crippen LogP contribution in [-0.4, -0.2) is 19.9 Å². The third kappa shape index (κ3) is 4.27. The molecule has 204 valence electrons. The van der Waals surface area contributed by atoms with E-state index in [2.05, 4.69) is 0 Å². The first-order valence-electron chi connectivity index (χ1n) is 12.4. The zero-order valence-corrected chi connectivity index (χ0v) is 22.3. The van der Waals surface area contributed by atoms with Crippen LogP contribution in [0.5, 0.6) is 5.75 Å². The Kier molecular flexibility index (Phi) is 7.01. The van der Waals surface area contributed by atoms with Crippen LogP contribution in [0.3, 0.4) is 0 Å². The summed E-state index contributed by atoms with van der Waals surface area (Å²) in [7, 11) is 0. The van der Waals surface area contributed by atoms with Crippen molar-refractivity contribution in [1.29, 1.82) is 0 Å². The van der Waals surface area contributed by atoms with Gasteiger partial charge in [0.1, 0.15) is 0 Å². The standard InChI is InChI=1S/C30H22N3O7P/c34-30-28(32(37)38)21-23(31(35)36)22-29(30)33(39)40-41(24-13-5-1-6-14-24,25-15-7-2-8-16-25,26-17-9-3-10-18-26)27-19-11-4-12-20-27/h1-22H/p+1. The van der Waals surface area contributed by atoms with Crippen LogP contribution in [0.2, 0.25) is 0 Å². The van der Waals surface area contributed by atoms with Crippen molar-refractivity contribution < 1.29 is 24.5 Å². The molecule has 5 aromatic carbocycles. The average Bonchev–Trinajstić information content (AvgIpc) is 3.01. The van der Waals surface area contributed by atoms with Crippen molar-refractivity contribution in [2.75, 3.05) is 0 Å². The topological polar surface area (TPSA) is 136 Å². The average molecular weight is 569 g/mol. The van der Waals surface area contributed by atoms with Crippen LogP contribution in [0, 0.1) is 25.1 Å². The monoisotopic (exact) mass is 568 g/mol. The van der Waals surface area contributed by atoms with Crippen molar-refractivity contribution in [2.24, 2.45) is 0 Å². The van der Waals surface area contributed by atoms with Gasteiger partial charge in [0.05, 0.1) is 0 Å². The normalized spacial score (nSPS) is 12.0. The van der Waals surface area contributed by atoms with Gasteiger partial charge in [-0.1, -0.05) is 0 Å².